The van der Waals surface area contributed by atoms with Gasteiger partial charge in [0.15, 0.2) is 5.96 Å². The molecule has 1 aromatic rings. The van der Waals surface area contributed by atoms with Crippen molar-refractivity contribution in [2.24, 2.45) is 4.99 Å². The van der Waals surface area contributed by atoms with Crippen LogP contribution in [0.25, 0.3) is 0 Å². The lowest BCUT2D eigenvalue weighted by Crippen LogP contribution is -2.45. The molecule has 2 aliphatic rings. The van der Waals surface area contributed by atoms with Crippen LogP contribution < -0.4 is 10.6 Å². The van der Waals surface area contributed by atoms with Crippen molar-refractivity contribution in [3.05, 3.63) is 35.9 Å². The fourth-order valence-corrected chi connectivity index (χ4v) is 3.86. The van der Waals surface area contributed by atoms with Gasteiger partial charge in [0.1, 0.15) is 0 Å². The standard InChI is InChI=1S/C19H30N4/c1-20-19(21-13-11-16-7-3-2-4-8-16)22-17-12-14-23(15-17)18-9-5-6-10-18/h2-4,7-8,17-18H,5-6,9-15H2,1H3,(H2,20,21,22). The third kappa shape index (κ3) is 4.71. The molecule has 0 amide bonds. The van der Waals surface area contributed by atoms with Crippen molar-refractivity contribution in [3.63, 3.8) is 0 Å². The molecule has 0 aromatic heterocycles. The summed E-state index contributed by atoms with van der Waals surface area (Å²) in [6.07, 6.45) is 7.90. The first-order chi connectivity index (χ1) is 11.3. The third-order valence-corrected chi connectivity index (χ3v) is 5.17. The van der Waals surface area contributed by atoms with Gasteiger partial charge in [0.25, 0.3) is 0 Å². The Bertz CT molecular complexity index is 493. The lowest BCUT2D eigenvalue weighted by atomic mass is 10.1. The molecule has 2 N–H and O–H groups in total. The van der Waals surface area contributed by atoms with Crippen molar-refractivity contribution in [1.29, 1.82) is 0 Å². The average molecular weight is 314 g/mol. The summed E-state index contributed by atoms with van der Waals surface area (Å²) < 4.78 is 0. The number of guanidine groups is 1. The Morgan fingerprint density at radius 2 is 1.96 bits per heavy atom. The van der Waals surface area contributed by atoms with Gasteiger partial charge in [-0.3, -0.25) is 9.89 Å². The first-order valence-corrected chi connectivity index (χ1v) is 9.10. The number of nitrogens with one attached hydrogen (secondary N) is 2. The fourth-order valence-electron chi connectivity index (χ4n) is 3.86. The van der Waals surface area contributed by atoms with Crippen molar-refractivity contribution < 1.29 is 0 Å². The van der Waals surface area contributed by atoms with Crippen LogP contribution in [0.15, 0.2) is 35.3 Å². The van der Waals surface area contributed by atoms with Gasteiger partial charge in [-0.1, -0.05) is 43.2 Å². The smallest absolute Gasteiger partial charge is 0.191 e. The van der Waals surface area contributed by atoms with Crippen molar-refractivity contribution in [2.45, 2.75) is 50.6 Å². The van der Waals surface area contributed by atoms with Crippen LogP contribution in [0.1, 0.15) is 37.7 Å². The molecule has 4 nitrogen and oxygen atoms in total. The Labute approximate surface area is 140 Å². The highest BCUT2D eigenvalue weighted by Gasteiger charge is 2.30. The predicted molar refractivity (Wildman–Crippen MR) is 96.9 cm³/mol. The van der Waals surface area contributed by atoms with Crippen LogP contribution >= 0.6 is 0 Å². The summed E-state index contributed by atoms with van der Waals surface area (Å²) in [5, 5.41) is 7.05. The monoisotopic (exact) mass is 314 g/mol. The Kier molecular flexibility index (Phi) is 5.92. The Hall–Kier alpha value is -1.55. The summed E-state index contributed by atoms with van der Waals surface area (Å²) in [6, 6.07) is 12.0. The molecule has 1 aromatic carbocycles. The highest BCUT2D eigenvalue weighted by atomic mass is 15.3. The van der Waals surface area contributed by atoms with E-state index in [1.807, 2.05) is 7.05 Å². The summed E-state index contributed by atoms with van der Waals surface area (Å²) in [4.78, 5) is 7.06. The predicted octanol–water partition coefficient (Wildman–Crippen LogP) is 2.41. The zero-order chi connectivity index (χ0) is 15.9. The molecule has 23 heavy (non-hydrogen) atoms. The molecule has 1 aliphatic carbocycles. The lowest BCUT2D eigenvalue weighted by Gasteiger charge is -2.24. The largest absolute Gasteiger partial charge is 0.356 e. The molecule has 3 rings (SSSR count). The van der Waals surface area contributed by atoms with Gasteiger partial charge in [-0.2, -0.15) is 0 Å². The van der Waals surface area contributed by atoms with Gasteiger partial charge >= 0.3 is 0 Å². The fraction of sp³-hybridized carbons (Fsp3) is 0.632. The van der Waals surface area contributed by atoms with Crippen molar-refractivity contribution >= 4 is 5.96 Å². The number of rotatable bonds is 5. The minimum absolute atomic E-state index is 0.540. The molecule has 1 saturated carbocycles. The number of benzene rings is 1. The van der Waals surface area contributed by atoms with Crippen LogP contribution in [0.3, 0.4) is 0 Å². The van der Waals surface area contributed by atoms with E-state index in [0.29, 0.717) is 6.04 Å². The molecule has 0 bridgehead atoms. The quantitative estimate of drug-likeness (QED) is 0.648. The van der Waals surface area contributed by atoms with E-state index >= 15 is 0 Å². The van der Waals surface area contributed by atoms with E-state index in [2.05, 4.69) is 50.9 Å². The topological polar surface area (TPSA) is 39.7 Å². The van der Waals surface area contributed by atoms with Crippen molar-refractivity contribution in [3.8, 4) is 0 Å². The summed E-state index contributed by atoms with van der Waals surface area (Å²) in [5.74, 6) is 0.944. The molecule has 0 spiro atoms. The maximum absolute atomic E-state index is 4.38. The van der Waals surface area contributed by atoms with E-state index in [9.17, 15) is 0 Å². The van der Waals surface area contributed by atoms with E-state index < -0.39 is 0 Å². The zero-order valence-corrected chi connectivity index (χ0v) is 14.3. The Morgan fingerprint density at radius 3 is 2.70 bits per heavy atom. The summed E-state index contributed by atoms with van der Waals surface area (Å²) in [5.41, 5.74) is 1.36. The summed E-state index contributed by atoms with van der Waals surface area (Å²) in [7, 11) is 1.86. The molecule has 1 saturated heterocycles. The number of hydrogen-bond acceptors (Lipinski definition) is 2. The first-order valence-electron chi connectivity index (χ1n) is 9.10. The normalized spacial score (nSPS) is 23.3. The maximum atomic E-state index is 4.38. The van der Waals surface area contributed by atoms with E-state index in [1.165, 1.54) is 50.8 Å². The number of likely N-dealkylation sites (tertiary alicyclic amines) is 1. The molecule has 1 atom stereocenters. The van der Waals surface area contributed by atoms with Gasteiger partial charge in [0.05, 0.1) is 0 Å². The van der Waals surface area contributed by atoms with Gasteiger partial charge in [0.2, 0.25) is 0 Å². The second-order valence-corrected chi connectivity index (χ2v) is 6.80. The number of aliphatic imine (C=N–C) groups is 1. The highest BCUT2D eigenvalue weighted by Crippen LogP contribution is 2.26. The molecule has 0 radical (unpaired) electrons. The van der Waals surface area contributed by atoms with Crippen LogP contribution in [0.4, 0.5) is 0 Å². The van der Waals surface area contributed by atoms with Crippen LogP contribution in [0.5, 0.6) is 0 Å². The number of nitrogens with zero attached hydrogens (tertiary/aromatic N) is 2. The molecular formula is C19H30N4. The number of hydrogen-bond donors (Lipinski definition) is 2. The van der Waals surface area contributed by atoms with Crippen molar-refractivity contribution in [1.82, 2.24) is 15.5 Å². The Balaban J connectivity index is 1.39. The maximum Gasteiger partial charge on any atom is 0.191 e. The minimum atomic E-state index is 0.540. The summed E-state index contributed by atoms with van der Waals surface area (Å²) >= 11 is 0. The van der Waals surface area contributed by atoms with Gasteiger partial charge < -0.3 is 10.6 Å². The molecule has 1 aliphatic heterocycles. The molecule has 2 fully saturated rings. The zero-order valence-electron chi connectivity index (χ0n) is 14.3. The Morgan fingerprint density at radius 1 is 1.17 bits per heavy atom. The second-order valence-electron chi connectivity index (χ2n) is 6.80. The van der Waals surface area contributed by atoms with Crippen LogP contribution in [0, 0.1) is 0 Å². The van der Waals surface area contributed by atoms with E-state index in [1.54, 1.807) is 0 Å². The molecule has 4 heteroatoms. The van der Waals surface area contributed by atoms with E-state index in [-0.39, 0.29) is 0 Å². The summed E-state index contributed by atoms with van der Waals surface area (Å²) in [6.45, 7) is 3.33. The van der Waals surface area contributed by atoms with Crippen LogP contribution in [-0.4, -0.2) is 49.6 Å². The van der Waals surface area contributed by atoms with Gasteiger partial charge in [-0.15, -0.1) is 0 Å². The van der Waals surface area contributed by atoms with Crippen LogP contribution in [0.2, 0.25) is 0 Å². The van der Waals surface area contributed by atoms with Crippen molar-refractivity contribution in [2.75, 3.05) is 26.7 Å². The van der Waals surface area contributed by atoms with Gasteiger partial charge in [0, 0.05) is 38.8 Å². The highest BCUT2D eigenvalue weighted by molar-refractivity contribution is 5.80. The molecule has 1 unspecified atom stereocenters. The van der Waals surface area contributed by atoms with Crippen LogP contribution in [-0.2, 0) is 6.42 Å². The van der Waals surface area contributed by atoms with E-state index in [4.69, 9.17) is 0 Å². The van der Waals surface area contributed by atoms with Gasteiger partial charge in [-0.05, 0) is 31.2 Å². The van der Waals surface area contributed by atoms with E-state index in [0.717, 1.165) is 25.0 Å². The SMILES string of the molecule is CN=C(NCCc1ccccc1)NC1CCN(C2CCCC2)C1. The first kappa shape index (κ1) is 16.3. The lowest BCUT2D eigenvalue weighted by molar-refractivity contribution is 0.242. The molecular weight excluding hydrogens is 284 g/mol. The second kappa shape index (κ2) is 8.34. The average Bonchev–Trinajstić information content (AvgIpc) is 3.26. The minimum Gasteiger partial charge on any atom is -0.356 e. The molecule has 1 heterocycles. The molecule has 126 valence electrons. The van der Waals surface area contributed by atoms with Gasteiger partial charge in [-0.25, -0.2) is 0 Å². The third-order valence-electron chi connectivity index (χ3n) is 5.17.